The van der Waals surface area contributed by atoms with E-state index in [1.165, 1.54) is 4.90 Å². The zero-order valence-corrected chi connectivity index (χ0v) is 22.9. The van der Waals surface area contributed by atoms with E-state index >= 15 is 0 Å². The maximum absolute atomic E-state index is 13.2. The van der Waals surface area contributed by atoms with Crippen LogP contribution in [-0.2, 0) is 16.1 Å². The predicted octanol–water partition coefficient (Wildman–Crippen LogP) is 6.59. The molecule has 2 rings (SSSR count). The van der Waals surface area contributed by atoms with Gasteiger partial charge in [-0.25, -0.2) is 0 Å². The first-order chi connectivity index (χ1) is 15.3. The van der Waals surface area contributed by atoms with Gasteiger partial charge in [0.2, 0.25) is 5.91 Å². The molecule has 180 valence electrons. The molecule has 1 atom stereocenters. The molecule has 1 N–H and O–H groups in total. The molecule has 2 amide bonds. The molecule has 0 radical (unpaired) electrons. The molecule has 0 spiro atoms. The van der Waals surface area contributed by atoms with E-state index in [2.05, 4.69) is 35.1 Å². The highest BCUT2D eigenvalue weighted by Crippen LogP contribution is 2.29. The van der Waals surface area contributed by atoms with Crippen LogP contribution in [0.3, 0.4) is 0 Å². The van der Waals surface area contributed by atoms with Gasteiger partial charge in [0, 0.05) is 12.1 Å². The second-order valence-electron chi connectivity index (χ2n) is 9.32. The van der Waals surface area contributed by atoms with Gasteiger partial charge in [-0.15, -0.1) is 0 Å². The highest BCUT2D eigenvalue weighted by Gasteiger charge is 2.29. The highest BCUT2D eigenvalue weighted by atomic mass is 79.9. The van der Waals surface area contributed by atoms with Crippen molar-refractivity contribution in [2.45, 2.75) is 65.6 Å². The monoisotopic (exact) mass is 556 g/mol. The first-order valence-electron chi connectivity index (χ1n) is 10.8. The molecule has 0 aliphatic carbocycles. The average molecular weight is 558 g/mol. The van der Waals surface area contributed by atoms with Gasteiger partial charge < -0.3 is 15.0 Å². The number of halogens is 3. The van der Waals surface area contributed by atoms with Crippen molar-refractivity contribution in [3.8, 4) is 5.75 Å². The standard InChI is InChI=1S/C25H31BrCl2N2O3/c1-15(2)18-8-10-22(19(26)12-18)33-14-23(31)30(16(3)24(32)29-25(4,5)6)13-17-7-9-20(27)21(28)11-17/h7-12,15-16H,13-14H2,1-6H3,(H,29,32)/t16-/m1/s1. The van der Waals surface area contributed by atoms with Crippen molar-refractivity contribution in [3.05, 3.63) is 62.0 Å². The van der Waals surface area contributed by atoms with E-state index in [0.717, 1.165) is 15.6 Å². The van der Waals surface area contributed by atoms with Crippen molar-refractivity contribution >= 4 is 50.9 Å². The molecule has 2 aromatic carbocycles. The van der Waals surface area contributed by atoms with Crippen LogP contribution in [0, 0.1) is 0 Å². The minimum Gasteiger partial charge on any atom is -0.483 e. The Balaban J connectivity index is 2.23. The zero-order valence-electron chi connectivity index (χ0n) is 19.8. The van der Waals surface area contributed by atoms with Crippen molar-refractivity contribution < 1.29 is 14.3 Å². The zero-order chi connectivity index (χ0) is 24.9. The Bertz CT molecular complexity index is 1010. The van der Waals surface area contributed by atoms with E-state index in [1.807, 2.05) is 39.0 Å². The number of nitrogens with zero attached hydrogens (tertiary/aromatic N) is 1. The van der Waals surface area contributed by atoms with Gasteiger partial charge in [-0.3, -0.25) is 9.59 Å². The van der Waals surface area contributed by atoms with Crippen LogP contribution >= 0.6 is 39.1 Å². The number of ether oxygens (including phenoxy) is 1. The third-order valence-electron chi connectivity index (χ3n) is 4.98. The molecule has 0 aliphatic heterocycles. The molecule has 33 heavy (non-hydrogen) atoms. The second-order valence-corrected chi connectivity index (χ2v) is 11.0. The van der Waals surface area contributed by atoms with Crippen LogP contribution in [-0.4, -0.2) is 34.9 Å². The molecular weight excluding hydrogens is 527 g/mol. The lowest BCUT2D eigenvalue weighted by Crippen LogP contribution is -2.53. The minimum absolute atomic E-state index is 0.186. The number of amides is 2. The first-order valence-corrected chi connectivity index (χ1v) is 12.3. The van der Waals surface area contributed by atoms with Gasteiger partial charge >= 0.3 is 0 Å². The number of benzene rings is 2. The Morgan fingerprint density at radius 1 is 1.06 bits per heavy atom. The Labute approximate surface area is 214 Å². The van der Waals surface area contributed by atoms with E-state index in [1.54, 1.807) is 25.1 Å². The third kappa shape index (κ3) is 8.20. The summed E-state index contributed by atoms with van der Waals surface area (Å²) in [5.74, 6) is 0.366. The van der Waals surface area contributed by atoms with E-state index in [9.17, 15) is 9.59 Å². The quantitative estimate of drug-likeness (QED) is 0.398. The lowest BCUT2D eigenvalue weighted by molar-refractivity contribution is -0.142. The molecular formula is C25H31BrCl2N2O3. The summed E-state index contributed by atoms with van der Waals surface area (Å²) in [5.41, 5.74) is 1.49. The molecule has 0 fully saturated rings. The average Bonchev–Trinajstić information content (AvgIpc) is 2.71. The van der Waals surface area contributed by atoms with Gasteiger partial charge in [0.25, 0.3) is 5.91 Å². The summed E-state index contributed by atoms with van der Waals surface area (Å²) in [6, 6.07) is 10.2. The Morgan fingerprint density at radius 2 is 1.73 bits per heavy atom. The molecule has 0 bridgehead atoms. The second kappa shape index (κ2) is 11.6. The van der Waals surface area contributed by atoms with Crippen LogP contribution in [0.15, 0.2) is 40.9 Å². The largest absolute Gasteiger partial charge is 0.483 e. The smallest absolute Gasteiger partial charge is 0.261 e. The summed E-state index contributed by atoms with van der Waals surface area (Å²) in [4.78, 5) is 27.5. The lowest BCUT2D eigenvalue weighted by atomic mass is 10.0. The van der Waals surface area contributed by atoms with Crippen molar-refractivity contribution in [2.24, 2.45) is 0 Å². The molecule has 0 aromatic heterocycles. The summed E-state index contributed by atoms with van der Waals surface area (Å²) in [6.45, 7) is 11.6. The SMILES string of the molecule is CC(C)c1ccc(OCC(=O)N(Cc2ccc(Cl)c(Cl)c2)[C@H](C)C(=O)NC(C)(C)C)c(Br)c1. The highest BCUT2D eigenvalue weighted by molar-refractivity contribution is 9.10. The summed E-state index contributed by atoms with van der Waals surface area (Å²) in [7, 11) is 0. The van der Waals surface area contributed by atoms with Gasteiger partial charge in [-0.05, 0) is 84.9 Å². The fourth-order valence-corrected chi connectivity index (χ4v) is 3.94. The number of carbonyl (C=O) groups is 2. The molecule has 0 heterocycles. The summed E-state index contributed by atoms with van der Waals surface area (Å²) >= 11 is 15.7. The fraction of sp³-hybridized carbons (Fsp3) is 0.440. The van der Waals surface area contributed by atoms with E-state index in [-0.39, 0.29) is 25.0 Å². The Kier molecular flexibility index (Phi) is 9.65. The Morgan fingerprint density at radius 3 is 2.27 bits per heavy atom. The number of carbonyl (C=O) groups excluding carboxylic acids is 2. The molecule has 0 saturated heterocycles. The van der Waals surface area contributed by atoms with Crippen LogP contribution in [0.25, 0.3) is 0 Å². The van der Waals surface area contributed by atoms with E-state index in [0.29, 0.717) is 21.7 Å². The van der Waals surface area contributed by atoms with Gasteiger partial charge in [0.1, 0.15) is 11.8 Å². The molecule has 2 aromatic rings. The topological polar surface area (TPSA) is 58.6 Å². The van der Waals surface area contributed by atoms with Crippen LogP contribution in [0.2, 0.25) is 10.0 Å². The molecule has 0 saturated carbocycles. The minimum atomic E-state index is -0.721. The summed E-state index contributed by atoms with van der Waals surface area (Å²) in [6.07, 6.45) is 0. The van der Waals surface area contributed by atoms with Crippen LogP contribution in [0.5, 0.6) is 5.75 Å². The summed E-state index contributed by atoms with van der Waals surface area (Å²) < 4.78 is 6.58. The molecule has 5 nitrogen and oxygen atoms in total. The van der Waals surface area contributed by atoms with Crippen molar-refractivity contribution in [1.82, 2.24) is 10.2 Å². The van der Waals surface area contributed by atoms with Gasteiger partial charge in [0.15, 0.2) is 6.61 Å². The number of rotatable bonds is 8. The van der Waals surface area contributed by atoms with E-state index < -0.39 is 11.6 Å². The van der Waals surface area contributed by atoms with Crippen LogP contribution in [0.1, 0.15) is 58.6 Å². The number of nitrogens with one attached hydrogen (secondary N) is 1. The summed E-state index contributed by atoms with van der Waals surface area (Å²) in [5, 5.41) is 3.75. The van der Waals surface area contributed by atoms with Crippen molar-refractivity contribution in [1.29, 1.82) is 0 Å². The maximum atomic E-state index is 13.2. The van der Waals surface area contributed by atoms with Crippen molar-refractivity contribution in [2.75, 3.05) is 6.61 Å². The van der Waals surface area contributed by atoms with Gasteiger partial charge in [-0.2, -0.15) is 0 Å². The first kappa shape index (κ1) is 27.5. The number of hydrogen-bond acceptors (Lipinski definition) is 3. The Hall–Kier alpha value is -1.76. The maximum Gasteiger partial charge on any atom is 0.261 e. The molecule has 0 unspecified atom stereocenters. The third-order valence-corrected chi connectivity index (χ3v) is 6.33. The van der Waals surface area contributed by atoms with Gasteiger partial charge in [-0.1, -0.05) is 49.2 Å². The van der Waals surface area contributed by atoms with Gasteiger partial charge in [0.05, 0.1) is 14.5 Å². The van der Waals surface area contributed by atoms with E-state index in [4.69, 9.17) is 27.9 Å². The van der Waals surface area contributed by atoms with Crippen molar-refractivity contribution in [3.63, 3.8) is 0 Å². The normalized spacial score (nSPS) is 12.4. The fourth-order valence-electron chi connectivity index (χ4n) is 3.11. The molecule has 8 heteroatoms. The molecule has 0 aliphatic rings. The van der Waals surface area contributed by atoms with Crippen LogP contribution < -0.4 is 10.1 Å². The number of hydrogen-bond donors (Lipinski definition) is 1. The predicted molar refractivity (Wildman–Crippen MR) is 138 cm³/mol. The van der Waals surface area contributed by atoms with Crippen LogP contribution in [0.4, 0.5) is 0 Å². The lowest BCUT2D eigenvalue weighted by Gasteiger charge is -2.31.